The van der Waals surface area contributed by atoms with E-state index in [4.69, 9.17) is 23.2 Å². The van der Waals surface area contributed by atoms with Gasteiger partial charge in [0.1, 0.15) is 18.0 Å². The molecular weight excluding hydrogens is 313 g/mol. The highest BCUT2D eigenvalue weighted by atomic mass is 35.5. The first kappa shape index (κ1) is 13.9. The zero-order valence-corrected chi connectivity index (χ0v) is 12.4. The summed E-state index contributed by atoms with van der Waals surface area (Å²) in [4.78, 5) is 10.7. The summed E-state index contributed by atoms with van der Waals surface area (Å²) in [5.41, 5.74) is 2.01. The Hall–Kier alpha value is -2.11. The van der Waals surface area contributed by atoms with E-state index in [9.17, 15) is 10.1 Å². The highest BCUT2D eigenvalue weighted by Gasteiger charge is 2.22. The summed E-state index contributed by atoms with van der Waals surface area (Å²) in [5, 5.41) is 16.9. The lowest BCUT2D eigenvalue weighted by Crippen LogP contribution is -1.98. The molecule has 3 rings (SSSR count). The third-order valence-corrected chi connectivity index (χ3v) is 3.78. The van der Waals surface area contributed by atoms with E-state index in [2.05, 4.69) is 5.10 Å². The van der Waals surface area contributed by atoms with Crippen LogP contribution in [0.2, 0.25) is 10.0 Å². The second kappa shape index (κ2) is 5.02. The molecule has 0 unspecified atom stereocenters. The molecule has 0 aliphatic carbocycles. The Kier molecular flexibility index (Phi) is 3.31. The second-order valence-corrected chi connectivity index (χ2v) is 5.37. The first-order chi connectivity index (χ1) is 9.99. The normalized spacial score (nSPS) is 11.0. The van der Waals surface area contributed by atoms with Crippen LogP contribution in [0, 0.1) is 10.1 Å². The minimum absolute atomic E-state index is 0.0445. The minimum Gasteiger partial charge on any atom is -0.358 e. The molecule has 1 aromatic heterocycles. The fraction of sp³-hybridized carbons (Fsp3) is 0.0714. The van der Waals surface area contributed by atoms with E-state index in [0.29, 0.717) is 20.9 Å². The van der Waals surface area contributed by atoms with Gasteiger partial charge in [0.2, 0.25) is 0 Å². The number of halogens is 2. The smallest absolute Gasteiger partial charge is 0.352 e. The Morgan fingerprint density at radius 1 is 1.19 bits per heavy atom. The zero-order chi connectivity index (χ0) is 15.1. The van der Waals surface area contributed by atoms with E-state index in [-0.39, 0.29) is 5.82 Å². The lowest BCUT2D eigenvalue weighted by Gasteiger charge is -2.05. The Morgan fingerprint density at radius 3 is 2.62 bits per heavy atom. The number of fused-ring (bicyclic) bond motifs is 1. The molecule has 2 aromatic carbocycles. The van der Waals surface area contributed by atoms with Gasteiger partial charge in [0, 0.05) is 21.2 Å². The molecule has 0 saturated heterocycles. The molecule has 21 heavy (non-hydrogen) atoms. The zero-order valence-electron chi connectivity index (χ0n) is 10.9. The predicted octanol–water partition coefficient (Wildman–Crippen LogP) is 4.46. The van der Waals surface area contributed by atoms with Crippen LogP contribution in [0.3, 0.4) is 0 Å². The van der Waals surface area contributed by atoms with Crippen molar-refractivity contribution >= 4 is 39.9 Å². The van der Waals surface area contributed by atoms with Gasteiger partial charge in [-0.3, -0.25) is 0 Å². The first-order valence-electron chi connectivity index (χ1n) is 6.04. The quantitative estimate of drug-likeness (QED) is 0.517. The van der Waals surface area contributed by atoms with Crippen LogP contribution in [-0.2, 0) is 7.05 Å². The largest absolute Gasteiger partial charge is 0.358 e. The number of nitrogens with zero attached hydrogens (tertiary/aromatic N) is 3. The number of hydrogen-bond donors (Lipinski definition) is 0. The van der Waals surface area contributed by atoms with Crippen LogP contribution in [-0.4, -0.2) is 14.7 Å². The monoisotopic (exact) mass is 321 g/mol. The molecule has 3 aromatic rings. The summed E-state index contributed by atoms with van der Waals surface area (Å²) in [7, 11) is 1.55. The van der Waals surface area contributed by atoms with Crippen LogP contribution in [0.4, 0.5) is 5.82 Å². The maximum Gasteiger partial charge on any atom is 0.352 e. The van der Waals surface area contributed by atoms with Crippen molar-refractivity contribution in [1.29, 1.82) is 0 Å². The van der Waals surface area contributed by atoms with Gasteiger partial charge >= 0.3 is 5.82 Å². The molecule has 0 fully saturated rings. The summed E-state index contributed by atoms with van der Waals surface area (Å²) in [6.45, 7) is 0. The summed E-state index contributed by atoms with van der Waals surface area (Å²) < 4.78 is 1.26. The van der Waals surface area contributed by atoms with Crippen molar-refractivity contribution in [2.45, 2.75) is 0 Å². The van der Waals surface area contributed by atoms with Crippen molar-refractivity contribution in [2.75, 3.05) is 0 Å². The van der Waals surface area contributed by atoms with Gasteiger partial charge < -0.3 is 10.1 Å². The van der Waals surface area contributed by atoms with Gasteiger partial charge in [-0.1, -0.05) is 46.5 Å². The standard InChI is InChI=1S/C14H9Cl2N3O2/c1-18-14(19(20)21)11-4-2-3-10(13(11)17-18)9-6-5-8(15)7-12(9)16/h2-7H,1H3. The van der Waals surface area contributed by atoms with Gasteiger partial charge in [0.15, 0.2) is 0 Å². The number of benzene rings is 2. The highest BCUT2D eigenvalue weighted by Crippen LogP contribution is 2.36. The number of aromatic nitrogens is 2. The van der Waals surface area contributed by atoms with Gasteiger partial charge in [-0.15, -0.1) is 4.68 Å². The Labute approximate surface area is 129 Å². The lowest BCUT2D eigenvalue weighted by molar-refractivity contribution is -0.390. The number of nitro groups is 1. The maximum absolute atomic E-state index is 11.2. The topological polar surface area (TPSA) is 61.0 Å². The van der Waals surface area contributed by atoms with Crippen LogP contribution < -0.4 is 0 Å². The lowest BCUT2D eigenvalue weighted by atomic mass is 10.0. The van der Waals surface area contributed by atoms with Crippen LogP contribution in [0.1, 0.15) is 0 Å². The summed E-state index contributed by atoms with van der Waals surface area (Å²) in [6, 6.07) is 10.4. The van der Waals surface area contributed by atoms with Crippen LogP contribution in [0.5, 0.6) is 0 Å². The first-order valence-corrected chi connectivity index (χ1v) is 6.80. The van der Waals surface area contributed by atoms with Crippen molar-refractivity contribution in [3.8, 4) is 11.1 Å². The predicted molar refractivity (Wildman–Crippen MR) is 82.8 cm³/mol. The van der Waals surface area contributed by atoms with Crippen molar-refractivity contribution in [3.63, 3.8) is 0 Å². The second-order valence-electron chi connectivity index (χ2n) is 4.53. The van der Waals surface area contributed by atoms with Gasteiger partial charge in [0.05, 0.1) is 0 Å². The van der Waals surface area contributed by atoms with Crippen LogP contribution in [0.25, 0.3) is 22.0 Å². The minimum atomic E-state index is -0.442. The molecule has 0 aliphatic heterocycles. The van der Waals surface area contributed by atoms with Crippen molar-refractivity contribution in [1.82, 2.24) is 9.78 Å². The van der Waals surface area contributed by atoms with Gasteiger partial charge in [-0.05, 0) is 23.1 Å². The summed E-state index contributed by atoms with van der Waals surface area (Å²) >= 11 is 12.1. The molecule has 0 spiro atoms. The SMILES string of the molecule is Cn1nc2c(-c3ccc(Cl)cc3Cl)cccc2c1[N+](=O)[O-]. The maximum atomic E-state index is 11.2. The molecule has 0 amide bonds. The number of rotatable bonds is 2. The van der Waals surface area contributed by atoms with E-state index in [1.165, 1.54) is 4.68 Å². The van der Waals surface area contributed by atoms with E-state index in [1.807, 2.05) is 6.07 Å². The molecule has 1 heterocycles. The fourth-order valence-electron chi connectivity index (χ4n) is 2.35. The molecule has 0 N–H and O–H groups in total. The van der Waals surface area contributed by atoms with Gasteiger partial charge in [-0.2, -0.15) is 0 Å². The molecule has 0 saturated carbocycles. The molecule has 106 valence electrons. The third kappa shape index (κ3) is 2.24. The van der Waals surface area contributed by atoms with Gasteiger partial charge in [0.25, 0.3) is 0 Å². The Morgan fingerprint density at radius 2 is 1.95 bits per heavy atom. The number of aryl methyl sites for hydroxylation is 1. The molecule has 0 bridgehead atoms. The molecular formula is C14H9Cl2N3O2. The highest BCUT2D eigenvalue weighted by molar-refractivity contribution is 6.36. The average Bonchev–Trinajstić information content (AvgIpc) is 2.75. The Bertz CT molecular complexity index is 874. The van der Waals surface area contributed by atoms with E-state index in [1.54, 1.807) is 37.4 Å². The van der Waals surface area contributed by atoms with Crippen molar-refractivity contribution < 1.29 is 4.92 Å². The van der Waals surface area contributed by atoms with Crippen molar-refractivity contribution in [2.24, 2.45) is 7.05 Å². The Balaban J connectivity index is 2.34. The van der Waals surface area contributed by atoms with E-state index >= 15 is 0 Å². The fourth-order valence-corrected chi connectivity index (χ4v) is 2.86. The third-order valence-electron chi connectivity index (χ3n) is 3.23. The number of hydrogen-bond acceptors (Lipinski definition) is 3. The average molecular weight is 322 g/mol. The van der Waals surface area contributed by atoms with Gasteiger partial charge in [-0.25, -0.2) is 0 Å². The molecule has 0 aliphatic rings. The van der Waals surface area contributed by atoms with E-state index in [0.717, 1.165) is 11.1 Å². The molecule has 0 radical (unpaired) electrons. The van der Waals surface area contributed by atoms with Crippen molar-refractivity contribution in [3.05, 3.63) is 56.6 Å². The van der Waals surface area contributed by atoms with E-state index < -0.39 is 4.92 Å². The summed E-state index contributed by atoms with van der Waals surface area (Å²) in [5.74, 6) is -0.0445. The molecule has 0 atom stereocenters. The van der Waals surface area contributed by atoms with Crippen LogP contribution >= 0.6 is 23.2 Å². The summed E-state index contributed by atoms with van der Waals surface area (Å²) in [6.07, 6.45) is 0. The molecule has 5 nitrogen and oxygen atoms in total. The molecule has 7 heteroatoms. The van der Waals surface area contributed by atoms with Crippen LogP contribution in [0.15, 0.2) is 36.4 Å².